The summed E-state index contributed by atoms with van der Waals surface area (Å²) in [5.74, 6) is -1.86. The molecule has 22 heavy (non-hydrogen) atoms. The summed E-state index contributed by atoms with van der Waals surface area (Å²) in [7, 11) is 0. The van der Waals surface area contributed by atoms with Gasteiger partial charge in [0.25, 0.3) is 5.91 Å². The predicted molar refractivity (Wildman–Crippen MR) is 85.5 cm³/mol. The lowest BCUT2D eigenvalue weighted by Crippen LogP contribution is -2.46. The zero-order valence-corrected chi connectivity index (χ0v) is 14.0. The number of carbonyl (C=O) groups is 3. The maximum absolute atomic E-state index is 11.8. The Balaban J connectivity index is 2.49. The first-order valence-corrected chi connectivity index (χ1v) is 7.64. The molecule has 1 unspecified atom stereocenters. The molecule has 7 heteroatoms. The molecule has 0 saturated heterocycles. The molecule has 120 valence electrons. The minimum atomic E-state index is -1.08. The summed E-state index contributed by atoms with van der Waals surface area (Å²) < 4.78 is 0.847. The van der Waals surface area contributed by atoms with Crippen molar-refractivity contribution >= 4 is 33.7 Å². The summed E-state index contributed by atoms with van der Waals surface area (Å²) >= 11 is 3.27. The van der Waals surface area contributed by atoms with Crippen molar-refractivity contribution in [3.63, 3.8) is 0 Å². The molecule has 1 rings (SSSR count). The fourth-order valence-corrected chi connectivity index (χ4v) is 2.07. The summed E-state index contributed by atoms with van der Waals surface area (Å²) in [6.07, 6.45) is 0.335. The number of hydrogen-bond acceptors (Lipinski definition) is 3. The molecule has 0 heterocycles. The van der Waals surface area contributed by atoms with Gasteiger partial charge < -0.3 is 15.7 Å². The number of nitrogens with one attached hydrogen (secondary N) is 2. The lowest BCUT2D eigenvalue weighted by atomic mass is 10.0. The topological polar surface area (TPSA) is 95.5 Å². The van der Waals surface area contributed by atoms with Gasteiger partial charge >= 0.3 is 5.97 Å². The molecule has 0 bridgehead atoms. The van der Waals surface area contributed by atoms with Gasteiger partial charge in [-0.1, -0.05) is 29.8 Å². The minimum absolute atomic E-state index is 0.138. The van der Waals surface area contributed by atoms with Gasteiger partial charge in [0.05, 0.1) is 6.54 Å². The molecule has 1 aromatic carbocycles. The summed E-state index contributed by atoms with van der Waals surface area (Å²) in [6, 6.07) is 5.74. The first kappa shape index (κ1) is 18.2. The molecule has 1 aromatic rings. The highest BCUT2D eigenvalue weighted by Crippen LogP contribution is 2.10. The maximum atomic E-state index is 11.8. The van der Waals surface area contributed by atoms with Crippen molar-refractivity contribution in [2.45, 2.75) is 26.3 Å². The van der Waals surface area contributed by atoms with Crippen molar-refractivity contribution in [2.75, 3.05) is 6.54 Å². The summed E-state index contributed by atoms with van der Waals surface area (Å²) in [5.41, 5.74) is 0.424. The van der Waals surface area contributed by atoms with E-state index in [1.807, 2.05) is 13.8 Å². The number of benzene rings is 1. The van der Waals surface area contributed by atoms with Crippen molar-refractivity contribution in [3.8, 4) is 0 Å². The first-order chi connectivity index (χ1) is 10.3. The van der Waals surface area contributed by atoms with Crippen LogP contribution in [-0.4, -0.2) is 35.5 Å². The van der Waals surface area contributed by atoms with Crippen LogP contribution >= 0.6 is 15.9 Å². The van der Waals surface area contributed by atoms with Gasteiger partial charge in [-0.2, -0.15) is 0 Å². The monoisotopic (exact) mass is 370 g/mol. The molecule has 0 aliphatic rings. The van der Waals surface area contributed by atoms with Crippen LogP contribution in [0.2, 0.25) is 0 Å². The van der Waals surface area contributed by atoms with Gasteiger partial charge in [0.2, 0.25) is 5.91 Å². The van der Waals surface area contributed by atoms with Crippen LogP contribution in [0.5, 0.6) is 0 Å². The molecule has 0 spiro atoms. The van der Waals surface area contributed by atoms with Crippen LogP contribution in [0, 0.1) is 5.92 Å². The number of carboxylic acids is 1. The first-order valence-electron chi connectivity index (χ1n) is 6.85. The predicted octanol–water partition coefficient (Wildman–Crippen LogP) is 1.79. The van der Waals surface area contributed by atoms with Gasteiger partial charge in [-0.3, -0.25) is 9.59 Å². The molecule has 0 aliphatic heterocycles. The number of hydrogen-bond donors (Lipinski definition) is 3. The molecule has 3 N–H and O–H groups in total. The number of aliphatic carboxylic acids is 1. The molecule has 0 saturated carbocycles. The van der Waals surface area contributed by atoms with Crippen molar-refractivity contribution in [2.24, 2.45) is 5.92 Å². The normalized spacial score (nSPS) is 11.8. The van der Waals surface area contributed by atoms with Gasteiger partial charge in [0, 0.05) is 10.0 Å². The van der Waals surface area contributed by atoms with E-state index in [1.54, 1.807) is 24.3 Å². The highest BCUT2D eigenvalue weighted by atomic mass is 79.9. The zero-order chi connectivity index (χ0) is 16.7. The highest BCUT2D eigenvalue weighted by Gasteiger charge is 2.21. The third-order valence-corrected chi connectivity index (χ3v) is 3.38. The number of carboxylic acid groups (broad SMARTS) is 1. The van der Waals surface area contributed by atoms with Crippen LogP contribution in [0.25, 0.3) is 0 Å². The van der Waals surface area contributed by atoms with Gasteiger partial charge in [0.15, 0.2) is 0 Å². The summed E-state index contributed by atoms with van der Waals surface area (Å²) in [4.78, 5) is 34.6. The average molecular weight is 371 g/mol. The van der Waals surface area contributed by atoms with Crippen LogP contribution in [0.15, 0.2) is 28.7 Å². The molecule has 1 atom stereocenters. The number of amides is 2. The molecule has 2 amide bonds. The third kappa shape index (κ3) is 6.26. The van der Waals surface area contributed by atoms with Crippen LogP contribution in [0.4, 0.5) is 0 Å². The van der Waals surface area contributed by atoms with E-state index in [9.17, 15) is 14.4 Å². The van der Waals surface area contributed by atoms with E-state index in [0.717, 1.165) is 4.47 Å². The van der Waals surface area contributed by atoms with Crippen LogP contribution in [0.1, 0.15) is 30.6 Å². The van der Waals surface area contributed by atoms with Crippen molar-refractivity contribution in [3.05, 3.63) is 34.3 Å². The van der Waals surface area contributed by atoms with Crippen LogP contribution in [-0.2, 0) is 9.59 Å². The quantitative estimate of drug-likeness (QED) is 0.681. The SMILES string of the molecule is CC(C)CC(NC(=O)CNC(=O)c1ccc(Br)cc1)C(=O)O. The second-order valence-corrected chi connectivity index (χ2v) is 6.19. The third-order valence-electron chi connectivity index (χ3n) is 2.86. The largest absolute Gasteiger partial charge is 0.480 e. The van der Waals surface area contributed by atoms with Gasteiger partial charge in [-0.25, -0.2) is 4.79 Å². The molecule has 0 aromatic heterocycles. The number of carbonyl (C=O) groups excluding carboxylic acids is 2. The van der Waals surface area contributed by atoms with Crippen LogP contribution in [0.3, 0.4) is 0 Å². The van der Waals surface area contributed by atoms with E-state index in [0.29, 0.717) is 12.0 Å². The Bertz CT molecular complexity index is 543. The Morgan fingerprint density at radius 3 is 2.27 bits per heavy atom. The second-order valence-electron chi connectivity index (χ2n) is 5.28. The van der Waals surface area contributed by atoms with E-state index in [2.05, 4.69) is 26.6 Å². The van der Waals surface area contributed by atoms with Gasteiger partial charge in [-0.15, -0.1) is 0 Å². The van der Waals surface area contributed by atoms with E-state index in [1.165, 1.54) is 0 Å². The Labute approximate surface area is 137 Å². The maximum Gasteiger partial charge on any atom is 0.326 e. The van der Waals surface area contributed by atoms with Crippen molar-refractivity contribution < 1.29 is 19.5 Å². The molecule has 0 fully saturated rings. The Kier molecular flexibility index (Phi) is 7.04. The van der Waals surface area contributed by atoms with E-state index < -0.39 is 23.8 Å². The van der Waals surface area contributed by atoms with Gasteiger partial charge in [0.1, 0.15) is 6.04 Å². The molecule has 0 radical (unpaired) electrons. The molecular weight excluding hydrogens is 352 g/mol. The van der Waals surface area contributed by atoms with Crippen LogP contribution < -0.4 is 10.6 Å². The van der Waals surface area contributed by atoms with E-state index >= 15 is 0 Å². The lowest BCUT2D eigenvalue weighted by molar-refractivity contribution is -0.142. The fraction of sp³-hybridized carbons (Fsp3) is 0.400. The highest BCUT2D eigenvalue weighted by molar-refractivity contribution is 9.10. The van der Waals surface area contributed by atoms with Crippen molar-refractivity contribution in [1.29, 1.82) is 0 Å². The summed E-state index contributed by atoms with van der Waals surface area (Å²) in [5, 5.41) is 13.9. The standard InChI is InChI=1S/C15H19BrN2O4/c1-9(2)7-12(15(21)22)18-13(19)8-17-14(20)10-3-5-11(16)6-4-10/h3-6,9,12H,7-8H2,1-2H3,(H,17,20)(H,18,19)(H,21,22). The minimum Gasteiger partial charge on any atom is -0.480 e. The molecule has 6 nitrogen and oxygen atoms in total. The lowest BCUT2D eigenvalue weighted by Gasteiger charge is -2.16. The van der Waals surface area contributed by atoms with Gasteiger partial charge in [-0.05, 0) is 36.6 Å². The number of halogens is 1. The fourth-order valence-electron chi connectivity index (χ4n) is 1.80. The number of rotatable bonds is 7. The zero-order valence-electron chi connectivity index (χ0n) is 12.4. The Morgan fingerprint density at radius 1 is 1.18 bits per heavy atom. The van der Waals surface area contributed by atoms with E-state index in [4.69, 9.17) is 5.11 Å². The Morgan fingerprint density at radius 2 is 1.77 bits per heavy atom. The Hall–Kier alpha value is -1.89. The molecular formula is C15H19BrN2O4. The van der Waals surface area contributed by atoms with Crippen molar-refractivity contribution in [1.82, 2.24) is 10.6 Å². The summed E-state index contributed by atoms with van der Waals surface area (Å²) in [6.45, 7) is 3.48. The van der Waals surface area contributed by atoms with E-state index in [-0.39, 0.29) is 12.5 Å². The molecule has 0 aliphatic carbocycles. The smallest absolute Gasteiger partial charge is 0.326 e. The average Bonchev–Trinajstić information content (AvgIpc) is 2.44. The second kappa shape index (κ2) is 8.53.